The van der Waals surface area contributed by atoms with Crippen LogP contribution in [0.3, 0.4) is 0 Å². The van der Waals surface area contributed by atoms with E-state index in [1.807, 2.05) is 11.6 Å². The van der Waals surface area contributed by atoms with Crippen LogP contribution in [0.15, 0.2) is 158 Å². The first-order valence-electron chi connectivity index (χ1n) is 51.3. The Morgan fingerprint density at radius 2 is 0.627 bits per heavy atom. The smallest absolute Gasteiger partial charge is 0.200 e. The van der Waals surface area contributed by atoms with Gasteiger partial charge in [-0.05, 0) is 299 Å². The van der Waals surface area contributed by atoms with Gasteiger partial charge < -0.3 is 0 Å². The van der Waals surface area contributed by atoms with Crippen molar-refractivity contribution >= 4 is 75.4 Å². The molecule has 0 spiro atoms. The lowest BCUT2D eigenvalue weighted by molar-refractivity contribution is -0.665. The van der Waals surface area contributed by atoms with Crippen LogP contribution in [0.4, 0.5) is 0 Å². The molecule has 0 N–H and O–H groups in total. The summed E-state index contributed by atoms with van der Waals surface area (Å²) in [5.74, 6) is 3.92. The lowest BCUT2D eigenvalue weighted by atomic mass is 9.82. The molecule has 4 fully saturated rings. The lowest BCUT2D eigenvalue weighted by Crippen LogP contribution is -2.35. The Kier molecular flexibility index (Phi) is 26.5. The minimum absolute atomic E-state index is 0.0945. The molecule has 4 aliphatic heterocycles. The largest absolute Gasteiger partial charge is 0.220 e. The van der Waals surface area contributed by atoms with Crippen molar-refractivity contribution in [2.24, 2.45) is 28.2 Å². The molecule has 8 heterocycles. The first-order valence-corrected chi connectivity index (χ1v) is 62.5. The van der Waals surface area contributed by atoms with Crippen molar-refractivity contribution in [3.8, 4) is 45.0 Å². The molecule has 0 unspecified atom stereocenters. The van der Waals surface area contributed by atoms with E-state index in [4.69, 9.17) is 6.85 Å². The maximum atomic E-state index is 8.99. The number of nitrogens with zero attached hydrogens (tertiary/aromatic N) is 4. The molecule has 8 heteroatoms. The van der Waals surface area contributed by atoms with Crippen LogP contribution in [-0.4, -0.2) is 32.3 Å². The van der Waals surface area contributed by atoms with Gasteiger partial charge in [0, 0.05) is 77.2 Å². The molecule has 0 atom stereocenters. The Morgan fingerprint density at radius 3 is 0.976 bits per heavy atom. The van der Waals surface area contributed by atoms with Crippen molar-refractivity contribution in [2.45, 2.75) is 350 Å². The highest BCUT2D eigenvalue weighted by molar-refractivity contribution is 6.78. The zero-order chi connectivity index (χ0) is 96.0. The highest BCUT2D eigenvalue weighted by atomic mass is 28.3. The highest BCUT2D eigenvalue weighted by Gasteiger charge is 2.36. The average molecular weight is 1760 g/mol. The summed E-state index contributed by atoms with van der Waals surface area (Å²) in [6, 6.07) is 62.6. The van der Waals surface area contributed by atoms with Gasteiger partial charge in [0.2, 0.25) is 22.8 Å². The summed E-state index contributed by atoms with van der Waals surface area (Å²) in [4.78, 5) is 0. The van der Waals surface area contributed by atoms with Crippen LogP contribution in [0.1, 0.15) is 283 Å². The van der Waals surface area contributed by atoms with E-state index in [1.54, 1.807) is 0 Å². The van der Waals surface area contributed by atoms with Gasteiger partial charge in [0.05, 0.1) is 49.3 Å². The predicted molar refractivity (Wildman–Crippen MR) is 561 cm³/mol. The zero-order valence-electron chi connectivity index (χ0n) is 89.8. The molecule has 4 aliphatic rings. The Morgan fingerprint density at radius 1 is 0.317 bits per heavy atom. The van der Waals surface area contributed by atoms with Gasteiger partial charge in [-0.15, -0.1) is 0 Å². The summed E-state index contributed by atoms with van der Waals surface area (Å²) >= 11 is 0. The van der Waals surface area contributed by atoms with Crippen LogP contribution in [0.25, 0.3) is 88.1 Å². The van der Waals surface area contributed by atoms with Crippen molar-refractivity contribution in [1.29, 1.82) is 0 Å². The van der Waals surface area contributed by atoms with E-state index in [1.165, 1.54) is 239 Å². The molecule has 8 aromatic carbocycles. The molecular formula is C118H164N4Si4+4. The van der Waals surface area contributed by atoms with E-state index in [0.717, 1.165) is 49.7 Å². The van der Waals surface area contributed by atoms with Crippen molar-refractivity contribution in [2.75, 3.05) is 0 Å². The zero-order valence-corrected chi connectivity index (χ0v) is 88.8. The van der Waals surface area contributed by atoms with Crippen LogP contribution in [0, 0.1) is 62.3 Å². The maximum Gasteiger partial charge on any atom is 0.220 e. The Bertz CT molecular complexity index is 6350. The van der Waals surface area contributed by atoms with E-state index in [0.29, 0.717) is 65.6 Å². The van der Waals surface area contributed by atoms with E-state index < -0.39 is 32.3 Å². The standard InChI is InChI=1S/2C30H42NSi.2C29H40NSi/c1-20-16-26(30(4,5)6)19-28(22(20)3)29-27-11-10-24(18-25(27)17-21(2)31(29)7)23-12-14-32(8,9)15-13-23;1-20(2)26-18-28(21(3)4)22(5)29(19-26)30-27-10-9-24(17-25(27)11-14-31(30)6)23-12-15-32(7,8)16-13-23;1-20-9-11-25(29(3,4)5)19-27(20)28-26-12-10-23(18-24(26)17-21(2)30(28)6)22-13-15-31(7,8)16-14-22;1-19(2)25-15-20(3)22(5)28(18-25)29-27-10-9-24(17-26(27)16-21(4)30(29)6)23-11-13-31(7,8)14-12-23/h10-11,16-19,23H,12-15H2,1-9H3;9-11,14,17-21,23H,12-13,15-16H2,1-8H3;9-12,17-19,22H,13-16H2,1-8H3;9-10,15-19,23H,11-14H2,1-8H3/q4*+1/i17D;11D,14D;17D;16D. The van der Waals surface area contributed by atoms with Gasteiger partial charge in [-0.3, -0.25) is 0 Å². The van der Waals surface area contributed by atoms with Gasteiger partial charge in [-0.2, -0.15) is 13.7 Å². The Labute approximate surface area is 776 Å². The average Bonchev–Trinajstić information content (AvgIpc) is 0.754. The molecule has 668 valence electrons. The molecule has 4 nitrogen and oxygen atoms in total. The van der Waals surface area contributed by atoms with Crippen LogP contribution < -0.4 is 18.3 Å². The lowest BCUT2D eigenvalue weighted by Gasteiger charge is -2.33. The number of hydrogen-bond acceptors (Lipinski definition) is 0. The van der Waals surface area contributed by atoms with Crippen LogP contribution in [-0.2, 0) is 39.0 Å². The molecule has 12 aromatic rings. The monoisotopic (exact) mass is 1750 g/mol. The van der Waals surface area contributed by atoms with Crippen molar-refractivity contribution in [3.63, 3.8) is 0 Å². The van der Waals surface area contributed by atoms with Crippen LogP contribution >= 0.6 is 0 Å². The van der Waals surface area contributed by atoms with Crippen molar-refractivity contribution in [3.05, 3.63) is 258 Å². The SMILES string of the molecule is [2H]c1c(C)[n+](C)c(-c2cc(C(C)(C)C)cc(C)c2C)c2ccc(C3CC[Si](C)(C)CC3)cc12.[2H]c1c(C)[n+](C)c(-c2cc(C(C)(C)C)ccc2C)c2ccc(C3CC[Si](C)(C)CC3)cc12.[2H]c1c(C)[n+](C)c(-c2cc(C(C)C)cc(C)c2C)c2ccc(C3CC[Si](C)(C)CC3)cc12.[2H]c1c([2H])[n+](C)c(-c2cc(C(C)C)cc(C(C)C)c2C)c2ccc(C3CC[Si](C)(C)CC3)cc12. The molecule has 16 rings (SSSR count). The summed E-state index contributed by atoms with van der Waals surface area (Å²) in [7, 11) is 4.41. The number of hydrogen-bond donors (Lipinski definition) is 0. The minimum Gasteiger partial charge on any atom is -0.200 e. The molecule has 4 saturated heterocycles. The third kappa shape index (κ3) is 21.1. The Balaban J connectivity index is 0.000000149. The quantitative estimate of drug-likeness (QED) is 0.0906. The fraction of sp³-hybridized carbons (Fsp3) is 0.492. The number of pyridine rings is 4. The van der Waals surface area contributed by atoms with E-state index >= 15 is 0 Å². The topological polar surface area (TPSA) is 15.5 Å². The van der Waals surface area contributed by atoms with Crippen LogP contribution in [0.2, 0.25) is 101 Å². The van der Waals surface area contributed by atoms with Gasteiger partial charge in [0.1, 0.15) is 29.6 Å². The number of aromatic nitrogens is 4. The molecule has 0 bridgehead atoms. The van der Waals surface area contributed by atoms with E-state index in [9.17, 15) is 0 Å². The van der Waals surface area contributed by atoms with Crippen molar-refractivity contribution < 1.29 is 25.1 Å². The normalized spacial score (nSPS) is 17.6. The molecule has 126 heavy (non-hydrogen) atoms. The maximum absolute atomic E-state index is 8.99. The molecule has 4 aromatic heterocycles. The van der Waals surface area contributed by atoms with Gasteiger partial charge in [-0.25, -0.2) is 4.57 Å². The first-order chi connectivity index (χ1) is 61.1. The summed E-state index contributed by atoms with van der Waals surface area (Å²) in [6.45, 7) is 67.2. The summed E-state index contributed by atoms with van der Waals surface area (Å²) < 4.78 is 53.2. The number of fused-ring (bicyclic) bond motifs is 4. The predicted octanol–water partition coefficient (Wildman–Crippen LogP) is 32.4. The van der Waals surface area contributed by atoms with E-state index in [-0.39, 0.29) is 17.0 Å². The van der Waals surface area contributed by atoms with Crippen molar-refractivity contribution in [1.82, 2.24) is 0 Å². The van der Waals surface area contributed by atoms with Gasteiger partial charge in [0.15, 0.2) is 23.3 Å². The Hall–Kier alpha value is -7.73. The molecular weight excluding hydrogens is 1590 g/mol. The third-order valence-corrected chi connectivity index (χ3v) is 44.5. The molecule has 0 amide bonds. The number of aryl methyl sites for hydroxylation is 3. The summed E-state index contributed by atoms with van der Waals surface area (Å²) in [5, 5.41) is 8.97. The number of benzene rings is 8. The fourth-order valence-corrected chi connectivity index (χ4v) is 31.3. The van der Waals surface area contributed by atoms with Gasteiger partial charge >= 0.3 is 0 Å². The van der Waals surface area contributed by atoms with Gasteiger partial charge in [0.25, 0.3) is 0 Å². The van der Waals surface area contributed by atoms with Crippen LogP contribution in [0.5, 0.6) is 0 Å². The highest BCUT2D eigenvalue weighted by Crippen LogP contribution is 2.47. The molecule has 0 saturated carbocycles. The molecule has 0 aliphatic carbocycles. The summed E-state index contributed by atoms with van der Waals surface area (Å²) in [5.41, 5.74) is 33.6. The first kappa shape index (κ1) is 88.9. The van der Waals surface area contributed by atoms with E-state index in [2.05, 4.69) is 360 Å². The number of rotatable bonds is 11. The summed E-state index contributed by atoms with van der Waals surface area (Å²) in [6.07, 6.45) is 10.7. The second-order valence-electron chi connectivity index (χ2n) is 46.2. The minimum atomic E-state index is -1.01. The fourth-order valence-electron chi connectivity index (χ4n) is 21.3. The second-order valence-corrected chi connectivity index (χ2v) is 67.5. The second kappa shape index (κ2) is 37.6. The third-order valence-electron chi connectivity index (χ3n) is 31.4. The van der Waals surface area contributed by atoms with Gasteiger partial charge in [-0.1, -0.05) is 263 Å². The molecule has 0 radical (unpaired) electrons.